The number of fused-ring (bicyclic) bond motifs is 2. The standard InChI is InChI=1S/C27H31N3O5S3/c1-4-13-30-19-12-11-17(34-3)14-21(19)38-27(30)29-23(32)16-36-15-22(31)28-25-24(26(33)35-5-2)18-9-7-6-8-10-20(18)37-25/h4,11-12,14H,1,5-10,13,15-16H2,2-3H3,(H,28,31). The van der Waals surface area contributed by atoms with E-state index in [-0.39, 0.29) is 29.9 Å². The Morgan fingerprint density at radius 2 is 2.00 bits per heavy atom. The first kappa shape index (κ1) is 28.1. The second-order valence-corrected chi connectivity index (χ2v) is 11.8. The van der Waals surface area contributed by atoms with Gasteiger partial charge in [0.15, 0.2) is 4.80 Å². The smallest absolute Gasteiger partial charge is 0.341 e. The van der Waals surface area contributed by atoms with Crippen molar-refractivity contribution in [3.05, 3.63) is 51.7 Å². The van der Waals surface area contributed by atoms with Crippen molar-refractivity contribution in [3.8, 4) is 5.75 Å². The van der Waals surface area contributed by atoms with Crippen molar-refractivity contribution in [1.29, 1.82) is 0 Å². The lowest BCUT2D eigenvalue weighted by Crippen LogP contribution is -2.19. The number of rotatable bonds is 10. The van der Waals surface area contributed by atoms with E-state index in [1.54, 1.807) is 20.1 Å². The van der Waals surface area contributed by atoms with Crippen LogP contribution in [0.3, 0.4) is 0 Å². The molecular weight excluding hydrogens is 543 g/mol. The van der Waals surface area contributed by atoms with Crippen LogP contribution in [0.4, 0.5) is 5.00 Å². The monoisotopic (exact) mass is 573 g/mol. The molecule has 2 aromatic heterocycles. The lowest BCUT2D eigenvalue weighted by Gasteiger charge is -2.08. The molecule has 0 unspecified atom stereocenters. The van der Waals surface area contributed by atoms with Crippen molar-refractivity contribution >= 4 is 67.4 Å². The molecule has 4 rings (SSSR count). The zero-order chi connectivity index (χ0) is 27.1. The van der Waals surface area contributed by atoms with Crippen molar-refractivity contribution in [2.75, 3.05) is 30.5 Å². The van der Waals surface area contributed by atoms with Crippen molar-refractivity contribution in [1.82, 2.24) is 4.57 Å². The molecule has 0 atom stereocenters. The minimum absolute atomic E-state index is 0.0603. The average molecular weight is 574 g/mol. The third-order valence-electron chi connectivity index (χ3n) is 6.03. The Morgan fingerprint density at radius 1 is 1.18 bits per heavy atom. The molecule has 0 aliphatic heterocycles. The normalized spacial score (nSPS) is 13.6. The number of hydrogen-bond acceptors (Lipinski definition) is 8. The van der Waals surface area contributed by atoms with Gasteiger partial charge in [0.05, 0.1) is 41.0 Å². The number of aromatic nitrogens is 1. The Kier molecular flexibility index (Phi) is 9.81. The molecule has 8 nitrogen and oxygen atoms in total. The fourth-order valence-electron chi connectivity index (χ4n) is 4.35. The third-order valence-corrected chi connectivity index (χ3v) is 9.20. The van der Waals surface area contributed by atoms with E-state index in [2.05, 4.69) is 16.9 Å². The highest BCUT2D eigenvalue weighted by Gasteiger charge is 2.26. The summed E-state index contributed by atoms with van der Waals surface area (Å²) in [7, 11) is 1.61. The van der Waals surface area contributed by atoms with E-state index in [1.165, 1.54) is 34.4 Å². The van der Waals surface area contributed by atoms with Crippen LogP contribution in [-0.2, 0) is 33.7 Å². The predicted octanol–water partition coefficient (Wildman–Crippen LogP) is 5.20. The van der Waals surface area contributed by atoms with Crippen LogP contribution in [0.15, 0.2) is 35.8 Å². The molecule has 1 N–H and O–H groups in total. The number of aryl methyl sites for hydroxylation is 1. The molecule has 11 heteroatoms. The first-order valence-electron chi connectivity index (χ1n) is 12.5. The Hall–Kier alpha value is -2.89. The van der Waals surface area contributed by atoms with E-state index < -0.39 is 5.97 Å². The van der Waals surface area contributed by atoms with E-state index in [4.69, 9.17) is 9.47 Å². The number of benzene rings is 1. The molecule has 2 amide bonds. The number of thioether (sulfide) groups is 1. The van der Waals surface area contributed by atoms with Gasteiger partial charge < -0.3 is 19.4 Å². The summed E-state index contributed by atoms with van der Waals surface area (Å²) >= 11 is 4.06. The maximum atomic E-state index is 12.7. The second kappa shape index (κ2) is 13.3. The van der Waals surface area contributed by atoms with Gasteiger partial charge in [-0.15, -0.1) is 29.7 Å². The Bertz CT molecular complexity index is 1420. The van der Waals surface area contributed by atoms with Gasteiger partial charge in [-0.2, -0.15) is 4.99 Å². The SMILES string of the molecule is C=CCn1c(=NC(=O)CSCC(=O)Nc2sc3c(c2C(=O)OCC)CCCCC3)sc2cc(OC)ccc21. The van der Waals surface area contributed by atoms with Gasteiger partial charge in [-0.3, -0.25) is 9.59 Å². The summed E-state index contributed by atoms with van der Waals surface area (Å²) in [5.74, 6) is -0.114. The quantitative estimate of drug-likeness (QED) is 0.203. The highest BCUT2D eigenvalue weighted by molar-refractivity contribution is 8.00. The number of carbonyl (C=O) groups is 3. The fourth-order valence-corrected chi connectivity index (χ4v) is 7.33. The van der Waals surface area contributed by atoms with Crippen LogP contribution in [-0.4, -0.2) is 47.6 Å². The highest BCUT2D eigenvalue weighted by atomic mass is 32.2. The first-order valence-corrected chi connectivity index (χ1v) is 15.3. The number of thiophene rings is 1. The number of allylic oxidation sites excluding steroid dienone is 1. The molecular formula is C27H31N3O5S3. The van der Waals surface area contributed by atoms with Crippen molar-refractivity contribution < 1.29 is 23.9 Å². The van der Waals surface area contributed by atoms with Gasteiger partial charge in [-0.05, 0) is 56.4 Å². The van der Waals surface area contributed by atoms with E-state index in [1.807, 2.05) is 22.8 Å². The molecule has 3 aromatic rings. The number of methoxy groups -OCH3 is 1. The molecule has 0 radical (unpaired) electrons. The maximum Gasteiger partial charge on any atom is 0.341 e. The van der Waals surface area contributed by atoms with Gasteiger partial charge in [0.2, 0.25) is 5.91 Å². The largest absolute Gasteiger partial charge is 0.497 e. The highest BCUT2D eigenvalue weighted by Crippen LogP contribution is 2.38. The van der Waals surface area contributed by atoms with Crippen molar-refractivity contribution in [3.63, 3.8) is 0 Å². The molecule has 1 aromatic carbocycles. The summed E-state index contributed by atoms with van der Waals surface area (Å²) in [4.78, 5) is 44.1. The number of thiazole rings is 1. The van der Waals surface area contributed by atoms with Gasteiger partial charge in [0.25, 0.3) is 5.91 Å². The summed E-state index contributed by atoms with van der Waals surface area (Å²) in [6, 6.07) is 5.72. The van der Waals surface area contributed by atoms with Crippen LogP contribution in [0.1, 0.15) is 47.0 Å². The van der Waals surface area contributed by atoms with E-state index in [0.29, 0.717) is 21.9 Å². The van der Waals surface area contributed by atoms with Crippen LogP contribution < -0.4 is 14.9 Å². The molecule has 0 fully saturated rings. The fraction of sp³-hybridized carbons (Fsp3) is 0.407. The van der Waals surface area contributed by atoms with E-state index in [0.717, 1.165) is 58.5 Å². The number of hydrogen-bond donors (Lipinski definition) is 1. The molecule has 0 bridgehead atoms. The molecule has 38 heavy (non-hydrogen) atoms. The average Bonchev–Trinajstić information content (AvgIpc) is 3.30. The van der Waals surface area contributed by atoms with Gasteiger partial charge in [-0.25, -0.2) is 4.79 Å². The molecule has 0 saturated heterocycles. The topological polar surface area (TPSA) is 99.0 Å². The van der Waals surface area contributed by atoms with Crippen LogP contribution in [0.5, 0.6) is 5.75 Å². The maximum absolute atomic E-state index is 12.7. The van der Waals surface area contributed by atoms with Crippen LogP contribution in [0.2, 0.25) is 0 Å². The molecule has 0 saturated carbocycles. The molecule has 0 spiro atoms. The number of esters is 1. The summed E-state index contributed by atoms with van der Waals surface area (Å²) in [5.41, 5.74) is 2.45. The predicted molar refractivity (Wildman–Crippen MR) is 155 cm³/mol. The number of ether oxygens (including phenoxy) is 2. The second-order valence-electron chi connectivity index (χ2n) is 8.65. The molecule has 2 heterocycles. The van der Waals surface area contributed by atoms with Gasteiger partial charge >= 0.3 is 5.97 Å². The summed E-state index contributed by atoms with van der Waals surface area (Å²) in [6.07, 6.45) is 6.70. The van der Waals surface area contributed by atoms with Crippen LogP contribution in [0.25, 0.3) is 10.2 Å². The summed E-state index contributed by atoms with van der Waals surface area (Å²) < 4.78 is 13.5. The zero-order valence-electron chi connectivity index (χ0n) is 21.5. The number of amides is 2. The third kappa shape index (κ3) is 6.57. The number of carbonyl (C=O) groups excluding carboxylic acids is 3. The Morgan fingerprint density at radius 3 is 2.76 bits per heavy atom. The minimum atomic E-state index is -0.391. The van der Waals surface area contributed by atoms with Gasteiger partial charge in [0, 0.05) is 11.4 Å². The molecule has 202 valence electrons. The van der Waals surface area contributed by atoms with Crippen molar-refractivity contribution in [2.24, 2.45) is 4.99 Å². The van der Waals surface area contributed by atoms with Crippen LogP contribution >= 0.6 is 34.4 Å². The number of nitrogens with one attached hydrogen (secondary N) is 1. The van der Waals surface area contributed by atoms with Gasteiger partial charge in [-0.1, -0.05) is 23.8 Å². The number of nitrogens with zero attached hydrogens (tertiary/aromatic N) is 2. The Balaban J connectivity index is 1.42. The summed E-state index contributed by atoms with van der Waals surface area (Å²) in [6.45, 7) is 6.37. The van der Waals surface area contributed by atoms with Gasteiger partial charge in [0.1, 0.15) is 10.8 Å². The first-order chi connectivity index (χ1) is 18.4. The van der Waals surface area contributed by atoms with E-state index >= 15 is 0 Å². The zero-order valence-corrected chi connectivity index (χ0v) is 24.0. The Labute approximate surface area is 233 Å². The minimum Gasteiger partial charge on any atom is -0.497 e. The lowest BCUT2D eigenvalue weighted by atomic mass is 10.1. The lowest BCUT2D eigenvalue weighted by molar-refractivity contribution is -0.115. The van der Waals surface area contributed by atoms with Crippen molar-refractivity contribution in [2.45, 2.75) is 45.6 Å². The molecule has 1 aliphatic carbocycles. The van der Waals surface area contributed by atoms with E-state index in [9.17, 15) is 14.4 Å². The number of anilines is 1. The van der Waals surface area contributed by atoms with Crippen LogP contribution in [0, 0.1) is 0 Å². The summed E-state index contributed by atoms with van der Waals surface area (Å²) in [5, 5.41) is 3.44. The molecule has 1 aliphatic rings.